The van der Waals surface area contributed by atoms with Crippen molar-refractivity contribution in [3.05, 3.63) is 24.3 Å². The minimum Gasteiger partial charge on any atom is -0.473 e. The molecule has 0 saturated carbocycles. The quantitative estimate of drug-likeness (QED) is 0.907. The maximum atomic E-state index is 5.88. The van der Waals surface area contributed by atoms with Crippen LogP contribution in [-0.2, 0) is 0 Å². The average Bonchev–Trinajstić information content (AvgIpc) is 2.46. The van der Waals surface area contributed by atoms with Crippen LogP contribution in [0, 0.1) is 0 Å². The molecule has 0 amide bonds. The normalized spacial score (nSPS) is 18.5. The zero-order valence-corrected chi connectivity index (χ0v) is 12.0. The minimum absolute atomic E-state index is 0. The zero-order valence-electron chi connectivity index (χ0n) is 11.2. The third-order valence-corrected chi connectivity index (χ3v) is 3.40. The fourth-order valence-corrected chi connectivity index (χ4v) is 2.35. The lowest BCUT2D eigenvalue weighted by Crippen LogP contribution is -2.38. The predicted molar refractivity (Wildman–Crippen MR) is 82.3 cm³/mol. The summed E-state index contributed by atoms with van der Waals surface area (Å²) in [6.45, 7) is 1.66. The van der Waals surface area contributed by atoms with Gasteiger partial charge in [0.1, 0.15) is 6.61 Å². The van der Waals surface area contributed by atoms with Crippen molar-refractivity contribution >= 4 is 29.3 Å². The van der Waals surface area contributed by atoms with Crippen LogP contribution in [0.4, 0.5) is 5.82 Å². The molecule has 1 unspecified atom stereocenters. The third-order valence-electron chi connectivity index (χ3n) is 3.40. The number of ether oxygens (including phenoxy) is 1. The van der Waals surface area contributed by atoms with E-state index in [2.05, 4.69) is 15.3 Å². The van der Waals surface area contributed by atoms with E-state index in [1.54, 1.807) is 0 Å². The number of fused-ring (bicyclic) bond motifs is 1. The lowest BCUT2D eigenvalue weighted by Gasteiger charge is -2.23. The molecular formula is C14H19ClN4O. The number of rotatable bonds is 3. The maximum absolute atomic E-state index is 5.88. The first-order valence-electron chi connectivity index (χ1n) is 6.71. The molecule has 1 aliphatic heterocycles. The summed E-state index contributed by atoms with van der Waals surface area (Å²) in [4.78, 5) is 8.73. The highest BCUT2D eigenvalue weighted by Crippen LogP contribution is 2.21. The van der Waals surface area contributed by atoms with E-state index in [-0.39, 0.29) is 12.4 Å². The number of halogens is 1. The Kier molecular flexibility index (Phi) is 4.98. The zero-order chi connectivity index (χ0) is 13.1. The van der Waals surface area contributed by atoms with Crippen molar-refractivity contribution in [1.82, 2.24) is 15.3 Å². The van der Waals surface area contributed by atoms with Gasteiger partial charge in [-0.2, -0.15) is 0 Å². The monoisotopic (exact) mass is 294 g/mol. The van der Waals surface area contributed by atoms with Gasteiger partial charge in [-0.3, -0.25) is 0 Å². The molecule has 0 aliphatic carbocycles. The molecule has 2 heterocycles. The second kappa shape index (κ2) is 6.72. The first kappa shape index (κ1) is 14.8. The predicted octanol–water partition coefficient (Wildman–Crippen LogP) is 2.15. The lowest BCUT2D eigenvalue weighted by molar-refractivity contribution is 0.233. The minimum atomic E-state index is 0. The van der Waals surface area contributed by atoms with E-state index in [4.69, 9.17) is 10.5 Å². The Hall–Kier alpha value is -1.59. The van der Waals surface area contributed by atoms with Gasteiger partial charge in [-0.05, 0) is 31.5 Å². The van der Waals surface area contributed by atoms with Gasteiger partial charge in [-0.15, -0.1) is 12.4 Å². The molecule has 3 rings (SSSR count). The fraction of sp³-hybridized carbons (Fsp3) is 0.429. The number of hydrogen-bond donors (Lipinski definition) is 2. The van der Waals surface area contributed by atoms with Gasteiger partial charge in [0.2, 0.25) is 0 Å². The Morgan fingerprint density at radius 2 is 1.95 bits per heavy atom. The van der Waals surface area contributed by atoms with Gasteiger partial charge in [0.05, 0.1) is 11.0 Å². The lowest BCUT2D eigenvalue weighted by atomic mass is 10.1. The Morgan fingerprint density at radius 1 is 1.20 bits per heavy atom. The summed E-state index contributed by atoms with van der Waals surface area (Å²) in [5.74, 6) is 0.792. The summed E-state index contributed by atoms with van der Waals surface area (Å²) in [5.41, 5.74) is 7.49. The van der Waals surface area contributed by atoms with Crippen molar-refractivity contribution < 1.29 is 4.74 Å². The molecule has 0 radical (unpaired) electrons. The molecule has 5 nitrogen and oxygen atoms in total. The van der Waals surface area contributed by atoms with Crippen LogP contribution in [0.1, 0.15) is 19.3 Å². The number of hydrogen-bond acceptors (Lipinski definition) is 5. The smallest absolute Gasteiger partial charge is 0.257 e. The highest BCUT2D eigenvalue weighted by Gasteiger charge is 2.14. The van der Waals surface area contributed by atoms with Gasteiger partial charge in [-0.25, -0.2) is 9.97 Å². The molecule has 1 fully saturated rings. The highest BCUT2D eigenvalue weighted by atomic mass is 35.5. The topological polar surface area (TPSA) is 73.1 Å². The average molecular weight is 295 g/mol. The molecule has 108 valence electrons. The van der Waals surface area contributed by atoms with Crippen molar-refractivity contribution in [3.63, 3.8) is 0 Å². The first-order chi connectivity index (χ1) is 9.33. The van der Waals surface area contributed by atoms with Crippen LogP contribution in [-0.4, -0.2) is 29.2 Å². The van der Waals surface area contributed by atoms with Crippen molar-refractivity contribution in [3.8, 4) is 5.88 Å². The van der Waals surface area contributed by atoms with Crippen molar-refractivity contribution in [2.75, 3.05) is 18.9 Å². The highest BCUT2D eigenvalue weighted by molar-refractivity contribution is 5.85. The molecule has 1 aliphatic rings. The Morgan fingerprint density at radius 3 is 2.65 bits per heavy atom. The largest absolute Gasteiger partial charge is 0.473 e. The Balaban J connectivity index is 0.00000147. The van der Waals surface area contributed by atoms with Gasteiger partial charge in [0.15, 0.2) is 5.82 Å². The number of nitrogens with two attached hydrogens (primary N) is 1. The van der Waals surface area contributed by atoms with E-state index in [1.807, 2.05) is 24.3 Å². The number of aromatic nitrogens is 2. The van der Waals surface area contributed by atoms with Gasteiger partial charge in [-0.1, -0.05) is 18.6 Å². The number of piperidine rings is 1. The van der Waals surface area contributed by atoms with E-state index >= 15 is 0 Å². The molecular weight excluding hydrogens is 276 g/mol. The number of nitrogen functional groups attached to an aromatic ring is 1. The maximum Gasteiger partial charge on any atom is 0.257 e. The van der Waals surface area contributed by atoms with Crippen molar-refractivity contribution in [1.29, 1.82) is 0 Å². The molecule has 0 bridgehead atoms. The van der Waals surface area contributed by atoms with Crippen LogP contribution >= 0.6 is 12.4 Å². The van der Waals surface area contributed by atoms with Crippen LogP contribution in [0.2, 0.25) is 0 Å². The third kappa shape index (κ3) is 3.29. The van der Waals surface area contributed by atoms with E-state index in [0.717, 1.165) is 24.0 Å². The SMILES string of the molecule is Cl.Nc1nc2ccccc2nc1OCC1CCCCN1. The number of nitrogens with zero attached hydrogens (tertiary/aromatic N) is 2. The summed E-state index contributed by atoms with van der Waals surface area (Å²) in [6.07, 6.45) is 3.63. The molecule has 20 heavy (non-hydrogen) atoms. The molecule has 6 heteroatoms. The molecule has 3 N–H and O–H groups in total. The Labute approximate surface area is 124 Å². The van der Waals surface area contributed by atoms with Gasteiger partial charge in [0, 0.05) is 6.04 Å². The van der Waals surface area contributed by atoms with Gasteiger partial charge in [0.25, 0.3) is 5.88 Å². The number of nitrogens with one attached hydrogen (secondary N) is 1. The standard InChI is InChI=1S/C14H18N4O.ClH/c15-13-14(19-9-10-5-3-4-8-16-10)18-12-7-2-1-6-11(12)17-13;/h1-2,6-7,10,16H,3-5,8-9H2,(H2,15,17);1H. The van der Waals surface area contributed by atoms with E-state index in [9.17, 15) is 0 Å². The molecule has 2 aromatic rings. The van der Waals surface area contributed by atoms with E-state index in [0.29, 0.717) is 24.3 Å². The van der Waals surface area contributed by atoms with Crippen molar-refractivity contribution in [2.45, 2.75) is 25.3 Å². The summed E-state index contributed by atoms with van der Waals surface area (Å²) in [5, 5.41) is 3.43. The van der Waals surface area contributed by atoms with Crippen LogP contribution in [0.3, 0.4) is 0 Å². The van der Waals surface area contributed by atoms with Crippen molar-refractivity contribution in [2.24, 2.45) is 0 Å². The second-order valence-corrected chi connectivity index (χ2v) is 4.86. The molecule has 1 aromatic heterocycles. The van der Waals surface area contributed by atoms with Crippen LogP contribution in [0.5, 0.6) is 5.88 Å². The summed E-state index contributed by atoms with van der Waals surface area (Å²) in [7, 11) is 0. The van der Waals surface area contributed by atoms with Gasteiger partial charge < -0.3 is 15.8 Å². The van der Waals surface area contributed by atoms with Crippen LogP contribution < -0.4 is 15.8 Å². The number of para-hydroxylation sites is 2. The van der Waals surface area contributed by atoms with E-state index < -0.39 is 0 Å². The Bertz CT molecular complexity index is 572. The fourth-order valence-electron chi connectivity index (χ4n) is 2.35. The van der Waals surface area contributed by atoms with Crippen LogP contribution in [0.25, 0.3) is 11.0 Å². The molecule has 1 atom stereocenters. The summed E-state index contributed by atoms with van der Waals surface area (Å²) < 4.78 is 5.72. The molecule has 1 saturated heterocycles. The van der Waals surface area contributed by atoms with E-state index in [1.165, 1.54) is 12.8 Å². The van der Waals surface area contributed by atoms with Gasteiger partial charge >= 0.3 is 0 Å². The summed E-state index contributed by atoms with van der Waals surface area (Å²) in [6, 6.07) is 8.04. The summed E-state index contributed by atoms with van der Waals surface area (Å²) >= 11 is 0. The number of anilines is 1. The number of benzene rings is 1. The molecule has 1 aromatic carbocycles. The first-order valence-corrected chi connectivity index (χ1v) is 6.71. The molecule has 0 spiro atoms. The second-order valence-electron chi connectivity index (χ2n) is 4.86. The van der Waals surface area contributed by atoms with Crippen LogP contribution in [0.15, 0.2) is 24.3 Å².